The number of carbonyl (C=O) groups is 3. The third-order valence-corrected chi connectivity index (χ3v) is 6.02. The van der Waals surface area contributed by atoms with Crippen LogP contribution < -0.4 is 14.8 Å². The number of ether oxygens (including phenoxy) is 3. The normalized spacial score (nSPS) is 11.9. The number of fused-ring (bicyclic) bond motifs is 1. The molecule has 1 amide bonds. The summed E-state index contributed by atoms with van der Waals surface area (Å²) in [6.07, 6.45) is 0. The maximum Gasteiger partial charge on any atom is 0.325 e. The zero-order valence-corrected chi connectivity index (χ0v) is 18.5. The number of esters is 1. The number of carbonyl (C=O) groups excluding carboxylic acids is 3. The molecule has 0 unspecified atom stereocenters. The fourth-order valence-electron chi connectivity index (χ4n) is 3.47. The molecule has 166 valence electrons. The van der Waals surface area contributed by atoms with Crippen LogP contribution in [0.5, 0.6) is 11.5 Å². The summed E-state index contributed by atoms with van der Waals surface area (Å²) in [5, 5.41) is 4.25. The number of aromatic nitrogens is 1. The van der Waals surface area contributed by atoms with Crippen LogP contribution in [0.3, 0.4) is 0 Å². The number of thiophene rings is 1. The van der Waals surface area contributed by atoms with E-state index in [1.165, 1.54) is 11.3 Å². The van der Waals surface area contributed by atoms with Gasteiger partial charge in [0.05, 0.1) is 4.88 Å². The number of ketones is 1. The van der Waals surface area contributed by atoms with Crippen LogP contribution in [-0.4, -0.2) is 42.2 Å². The first-order valence-corrected chi connectivity index (χ1v) is 10.9. The number of hydrogen-bond acceptors (Lipinski definition) is 7. The van der Waals surface area contributed by atoms with Gasteiger partial charge in [0, 0.05) is 23.5 Å². The van der Waals surface area contributed by atoms with Gasteiger partial charge in [0.2, 0.25) is 12.6 Å². The highest BCUT2D eigenvalue weighted by Crippen LogP contribution is 2.33. The molecule has 0 aliphatic carbocycles. The Morgan fingerprint density at radius 1 is 1.12 bits per heavy atom. The lowest BCUT2D eigenvalue weighted by Gasteiger charge is -2.11. The van der Waals surface area contributed by atoms with Crippen LogP contribution in [0.4, 0.5) is 0 Å². The maximum absolute atomic E-state index is 12.7. The van der Waals surface area contributed by atoms with E-state index < -0.39 is 5.97 Å². The van der Waals surface area contributed by atoms with Gasteiger partial charge in [-0.2, -0.15) is 0 Å². The van der Waals surface area contributed by atoms with Gasteiger partial charge in [0.1, 0.15) is 6.54 Å². The van der Waals surface area contributed by atoms with Crippen LogP contribution >= 0.6 is 11.3 Å². The van der Waals surface area contributed by atoms with Crippen molar-refractivity contribution in [2.24, 2.45) is 0 Å². The van der Waals surface area contributed by atoms with Crippen molar-refractivity contribution < 1.29 is 28.6 Å². The monoisotopic (exact) mass is 454 g/mol. The van der Waals surface area contributed by atoms with Crippen LogP contribution in [0.15, 0.2) is 41.8 Å². The Hall–Kier alpha value is -3.59. The predicted octanol–water partition coefficient (Wildman–Crippen LogP) is 3.10. The molecule has 1 aliphatic heterocycles. The molecule has 3 heterocycles. The minimum atomic E-state index is -0.669. The van der Waals surface area contributed by atoms with Crippen molar-refractivity contribution in [3.63, 3.8) is 0 Å². The first-order chi connectivity index (χ1) is 15.4. The number of rotatable bonds is 8. The second-order valence-corrected chi connectivity index (χ2v) is 8.25. The molecule has 0 saturated heterocycles. The molecule has 3 aromatic rings. The topological polar surface area (TPSA) is 95.9 Å². The van der Waals surface area contributed by atoms with E-state index >= 15 is 0 Å². The fourth-order valence-corrected chi connectivity index (χ4v) is 4.11. The first-order valence-electron chi connectivity index (χ1n) is 9.98. The smallest absolute Gasteiger partial charge is 0.325 e. The number of amides is 1. The van der Waals surface area contributed by atoms with Gasteiger partial charge >= 0.3 is 5.97 Å². The number of nitrogens with one attached hydrogen (secondary N) is 1. The third-order valence-electron chi connectivity index (χ3n) is 5.15. The highest BCUT2D eigenvalue weighted by Gasteiger charge is 2.19. The minimum absolute atomic E-state index is 0.218. The molecule has 0 fully saturated rings. The number of benzene rings is 1. The molecule has 8 nitrogen and oxygen atoms in total. The average Bonchev–Trinajstić information content (AvgIpc) is 3.53. The number of hydrogen-bond donors (Lipinski definition) is 1. The zero-order chi connectivity index (χ0) is 22.7. The maximum atomic E-state index is 12.7. The van der Waals surface area contributed by atoms with Crippen LogP contribution in [0.1, 0.15) is 37.0 Å². The molecule has 1 aromatic carbocycles. The van der Waals surface area contributed by atoms with Gasteiger partial charge < -0.3 is 24.1 Å². The fraction of sp³-hybridized carbons (Fsp3) is 0.261. The second kappa shape index (κ2) is 9.27. The largest absolute Gasteiger partial charge is 0.456 e. The Morgan fingerprint density at radius 2 is 1.94 bits per heavy atom. The summed E-state index contributed by atoms with van der Waals surface area (Å²) >= 11 is 1.28. The van der Waals surface area contributed by atoms with Crippen molar-refractivity contribution in [2.75, 3.05) is 19.9 Å². The van der Waals surface area contributed by atoms with E-state index in [0.717, 1.165) is 22.7 Å². The minimum Gasteiger partial charge on any atom is -0.456 e. The van der Waals surface area contributed by atoms with E-state index in [0.29, 0.717) is 22.7 Å². The molecule has 0 spiro atoms. The molecular formula is C23H22N2O6S. The predicted molar refractivity (Wildman–Crippen MR) is 118 cm³/mol. The molecule has 1 aliphatic rings. The molecule has 0 atom stereocenters. The van der Waals surface area contributed by atoms with E-state index in [2.05, 4.69) is 5.32 Å². The Kier molecular flexibility index (Phi) is 6.27. The lowest BCUT2D eigenvalue weighted by molar-refractivity contribution is -0.141. The average molecular weight is 455 g/mol. The van der Waals surface area contributed by atoms with E-state index in [9.17, 15) is 14.4 Å². The highest BCUT2D eigenvalue weighted by atomic mass is 32.1. The van der Waals surface area contributed by atoms with Gasteiger partial charge in [0.25, 0.3) is 5.91 Å². The molecule has 0 radical (unpaired) electrons. The molecule has 9 heteroatoms. The van der Waals surface area contributed by atoms with E-state index in [1.54, 1.807) is 23.6 Å². The van der Waals surface area contributed by atoms with Crippen molar-refractivity contribution in [3.05, 3.63) is 69.2 Å². The Labute approximate surface area is 188 Å². The van der Waals surface area contributed by atoms with Crippen molar-refractivity contribution in [1.82, 2.24) is 9.88 Å². The molecule has 2 aromatic heterocycles. The number of Topliss-reactive ketones (excluding diaryl/α,β-unsaturated/α-hetero) is 1. The summed E-state index contributed by atoms with van der Waals surface area (Å²) in [5.41, 5.74) is 3.21. The van der Waals surface area contributed by atoms with E-state index in [-0.39, 0.29) is 31.6 Å². The van der Waals surface area contributed by atoms with Gasteiger partial charge in [0.15, 0.2) is 18.1 Å². The summed E-state index contributed by atoms with van der Waals surface area (Å²) < 4.78 is 17.9. The van der Waals surface area contributed by atoms with Crippen molar-refractivity contribution in [1.29, 1.82) is 0 Å². The molecular weight excluding hydrogens is 432 g/mol. The molecule has 4 rings (SSSR count). The summed E-state index contributed by atoms with van der Waals surface area (Å²) in [4.78, 5) is 37.0. The van der Waals surface area contributed by atoms with Gasteiger partial charge in [-0.05, 0) is 49.1 Å². The molecule has 0 bridgehead atoms. The van der Waals surface area contributed by atoms with Crippen LogP contribution in [-0.2, 0) is 16.1 Å². The van der Waals surface area contributed by atoms with Crippen molar-refractivity contribution >= 4 is 29.0 Å². The van der Waals surface area contributed by atoms with E-state index in [1.807, 2.05) is 36.6 Å². The Bertz CT molecular complexity index is 1170. The lowest BCUT2D eigenvalue weighted by atomic mass is 10.1. The van der Waals surface area contributed by atoms with Crippen molar-refractivity contribution in [3.8, 4) is 11.5 Å². The molecule has 0 saturated carbocycles. The summed E-state index contributed by atoms with van der Waals surface area (Å²) in [7, 11) is 0. The van der Waals surface area contributed by atoms with Gasteiger partial charge in [-0.3, -0.25) is 14.4 Å². The standard InChI is InChI=1S/C23H22N2O6S/c1-14-8-17(15(2)25(14)11-16-5-6-19-20(9-16)31-13-30-19)18(26)12-29-22(27)10-24-23(28)21-4-3-7-32-21/h3-9H,10-13H2,1-2H3,(H,24,28). The lowest BCUT2D eigenvalue weighted by Crippen LogP contribution is -2.31. The number of nitrogens with zero attached hydrogens (tertiary/aromatic N) is 1. The summed E-state index contributed by atoms with van der Waals surface area (Å²) in [6.45, 7) is 3.87. The van der Waals surface area contributed by atoms with Gasteiger partial charge in [-0.25, -0.2) is 0 Å². The summed E-state index contributed by atoms with van der Waals surface area (Å²) in [6, 6.07) is 11.0. The Morgan fingerprint density at radius 3 is 2.72 bits per heavy atom. The molecule has 1 N–H and O–H groups in total. The van der Waals surface area contributed by atoms with Crippen molar-refractivity contribution in [2.45, 2.75) is 20.4 Å². The molecule has 32 heavy (non-hydrogen) atoms. The SMILES string of the molecule is Cc1cc(C(=O)COC(=O)CNC(=O)c2cccs2)c(C)n1Cc1ccc2c(c1)OCO2. The van der Waals surface area contributed by atoms with E-state index in [4.69, 9.17) is 14.2 Å². The quantitative estimate of drug-likeness (QED) is 0.415. The number of aryl methyl sites for hydroxylation is 1. The van der Waals surface area contributed by atoms with Gasteiger partial charge in [-0.15, -0.1) is 11.3 Å². The van der Waals surface area contributed by atoms with Crippen LogP contribution in [0.25, 0.3) is 0 Å². The zero-order valence-electron chi connectivity index (χ0n) is 17.7. The van der Waals surface area contributed by atoms with Gasteiger partial charge in [-0.1, -0.05) is 12.1 Å². The second-order valence-electron chi connectivity index (χ2n) is 7.30. The highest BCUT2D eigenvalue weighted by molar-refractivity contribution is 7.12. The third kappa shape index (κ3) is 4.67. The summed E-state index contributed by atoms with van der Waals surface area (Å²) in [5.74, 6) is 0.110. The van der Waals surface area contributed by atoms with Crippen LogP contribution in [0, 0.1) is 13.8 Å². The van der Waals surface area contributed by atoms with Crippen LogP contribution in [0.2, 0.25) is 0 Å². The first kappa shape index (κ1) is 21.6. The Balaban J connectivity index is 1.34.